The van der Waals surface area contributed by atoms with Crippen LogP contribution in [0.2, 0.25) is 5.02 Å². The molecule has 18 heavy (non-hydrogen) atoms. The Kier molecular flexibility index (Phi) is 5.39. The number of hydrogen-bond acceptors (Lipinski definition) is 2. The maximum Gasteiger partial charge on any atom is 0.305 e. The fourth-order valence-electron chi connectivity index (χ4n) is 1.35. The molecule has 0 aliphatic rings. The molecule has 1 aromatic carbocycles. The zero-order valence-electron chi connectivity index (χ0n) is 9.89. The number of hydrogen-bond donors (Lipinski definition) is 2. The van der Waals surface area contributed by atoms with Gasteiger partial charge in [-0.15, -0.1) is 0 Å². The second-order valence-electron chi connectivity index (χ2n) is 3.89. The molecule has 0 aliphatic heterocycles. The van der Waals surface area contributed by atoms with Gasteiger partial charge in [-0.05, 0) is 30.7 Å². The van der Waals surface area contributed by atoms with Crippen LogP contribution in [-0.2, 0) is 9.59 Å². The predicted octanol–water partition coefficient (Wildman–Crippen LogP) is 2.33. The van der Waals surface area contributed by atoms with Crippen LogP contribution in [0.3, 0.4) is 0 Å². The first-order valence-corrected chi connectivity index (χ1v) is 5.81. The lowest BCUT2D eigenvalue weighted by molar-refractivity contribution is -0.137. The minimum Gasteiger partial charge on any atom is -0.481 e. The zero-order valence-corrected chi connectivity index (χ0v) is 10.6. The van der Waals surface area contributed by atoms with Crippen LogP contribution in [0.25, 0.3) is 6.08 Å². The van der Waals surface area contributed by atoms with Crippen LogP contribution in [0.4, 0.5) is 0 Å². The summed E-state index contributed by atoms with van der Waals surface area (Å²) in [6.07, 6.45) is 2.90. The highest BCUT2D eigenvalue weighted by atomic mass is 35.5. The minimum absolute atomic E-state index is 0.0967. The topological polar surface area (TPSA) is 66.4 Å². The lowest BCUT2D eigenvalue weighted by Crippen LogP contribution is -2.32. The molecule has 0 radical (unpaired) electrons. The monoisotopic (exact) mass is 267 g/mol. The van der Waals surface area contributed by atoms with Crippen LogP contribution in [0, 0.1) is 0 Å². The molecule has 0 saturated heterocycles. The van der Waals surface area contributed by atoms with Crippen molar-refractivity contribution in [2.45, 2.75) is 19.4 Å². The molecule has 0 fully saturated rings. The van der Waals surface area contributed by atoms with E-state index in [0.29, 0.717) is 5.02 Å². The van der Waals surface area contributed by atoms with E-state index in [1.807, 2.05) is 0 Å². The second-order valence-corrected chi connectivity index (χ2v) is 4.33. The SMILES string of the molecule is CC(CC(=O)O)NC(=O)/C=C/c1ccc(Cl)cc1. The molecular formula is C13H14ClNO3. The van der Waals surface area contributed by atoms with Crippen molar-refractivity contribution in [3.63, 3.8) is 0 Å². The average Bonchev–Trinajstić information content (AvgIpc) is 2.27. The summed E-state index contributed by atoms with van der Waals surface area (Å²) in [5, 5.41) is 11.7. The Hall–Kier alpha value is -1.81. The van der Waals surface area contributed by atoms with E-state index in [-0.39, 0.29) is 12.3 Å². The van der Waals surface area contributed by atoms with Gasteiger partial charge in [0, 0.05) is 17.1 Å². The Morgan fingerprint density at radius 3 is 2.56 bits per heavy atom. The van der Waals surface area contributed by atoms with Gasteiger partial charge in [0.2, 0.25) is 5.91 Å². The summed E-state index contributed by atoms with van der Waals surface area (Å²) >= 11 is 5.73. The molecule has 1 atom stereocenters. The first kappa shape index (κ1) is 14.3. The van der Waals surface area contributed by atoms with Gasteiger partial charge in [-0.25, -0.2) is 0 Å². The molecule has 1 rings (SSSR count). The van der Waals surface area contributed by atoms with Gasteiger partial charge in [-0.3, -0.25) is 9.59 Å². The third-order valence-corrected chi connectivity index (χ3v) is 2.42. The number of aliphatic carboxylic acids is 1. The van der Waals surface area contributed by atoms with Gasteiger partial charge in [-0.2, -0.15) is 0 Å². The van der Waals surface area contributed by atoms with Gasteiger partial charge in [0.15, 0.2) is 0 Å². The standard InChI is InChI=1S/C13H14ClNO3/c1-9(8-13(17)18)15-12(16)7-4-10-2-5-11(14)6-3-10/h2-7,9H,8H2,1H3,(H,15,16)(H,17,18)/b7-4+. The van der Waals surface area contributed by atoms with Crippen LogP contribution < -0.4 is 5.32 Å². The van der Waals surface area contributed by atoms with E-state index in [1.165, 1.54) is 6.08 Å². The molecular weight excluding hydrogens is 254 g/mol. The lowest BCUT2D eigenvalue weighted by atomic mass is 10.2. The third kappa shape index (κ3) is 5.50. The van der Waals surface area contributed by atoms with Crippen molar-refractivity contribution in [2.75, 3.05) is 0 Å². The Balaban J connectivity index is 2.49. The van der Waals surface area contributed by atoms with Gasteiger partial charge in [0.1, 0.15) is 0 Å². The number of carboxylic acid groups (broad SMARTS) is 1. The van der Waals surface area contributed by atoms with Crippen molar-refractivity contribution in [2.24, 2.45) is 0 Å². The van der Waals surface area contributed by atoms with Gasteiger partial charge in [0.05, 0.1) is 6.42 Å². The Morgan fingerprint density at radius 1 is 1.39 bits per heavy atom. The second kappa shape index (κ2) is 6.81. The molecule has 1 aromatic rings. The van der Waals surface area contributed by atoms with E-state index in [9.17, 15) is 9.59 Å². The number of nitrogens with one attached hydrogen (secondary N) is 1. The van der Waals surface area contributed by atoms with Crippen LogP contribution in [-0.4, -0.2) is 23.0 Å². The number of halogens is 1. The van der Waals surface area contributed by atoms with Crippen LogP contribution in [0.5, 0.6) is 0 Å². The van der Waals surface area contributed by atoms with Gasteiger partial charge >= 0.3 is 5.97 Å². The maximum atomic E-state index is 11.5. The van der Waals surface area contributed by atoms with Crippen molar-refractivity contribution in [3.8, 4) is 0 Å². The first-order valence-electron chi connectivity index (χ1n) is 5.43. The van der Waals surface area contributed by atoms with Crippen molar-refractivity contribution in [1.82, 2.24) is 5.32 Å². The smallest absolute Gasteiger partial charge is 0.305 e. The van der Waals surface area contributed by atoms with Gasteiger partial charge in [0.25, 0.3) is 0 Å². The highest BCUT2D eigenvalue weighted by Gasteiger charge is 2.08. The van der Waals surface area contributed by atoms with Gasteiger partial charge < -0.3 is 10.4 Å². The molecule has 0 heterocycles. The fourth-order valence-corrected chi connectivity index (χ4v) is 1.48. The van der Waals surface area contributed by atoms with Crippen molar-refractivity contribution < 1.29 is 14.7 Å². The minimum atomic E-state index is -0.940. The Morgan fingerprint density at radius 2 is 2.00 bits per heavy atom. The maximum absolute atomic E-state index is 11.5. The van der Waals surface area contributed by atoms with Gasteiger partial charge in [-0.1, -0.05) is 23.7 Å². The molecule has 2 N–H and O–H groups in total. The number of amides is 1. The molecule has 0 aromatic heterocycles. The molecule has 0 bridgehead atoms. The number of rotatable bonds is 5. The normalized spacial score (nSPS) is 12.3. The first-order chi connectivity index (χ1) is 8.47. The molecule has 4 nitrogen and oxygen atoms in total. The summed E-state index contributed by atoms with van der Waals surface area (Å²) in [6.45, 7) is 1.64. The Labute approximate surface area is 110 Å². The van der Waals surface area contributed by atoms with Crippen LogP contribution >= 0.6 is 11.6 Å². The van der Waals surface area contributed by atoms with E-state index < -0.39 is 12.0 Å². The van der Waals surface area contributed by atoms with E-state index >= 15 is 0 Å². The van der Waals surface area contributed by atoms with Crippen molar-refractivity contribution in [3.05, 3.63) is 40.9 Å². The number of carbonyl (C=O) groups is 2. The summed E-state index contributed by atoms with van der Waals surface area (Å²) < 4.78 is 0. The number of benzene rings is 1. The van der Waals surface area contributed by atoms with E-state index in [4.69, 9.17) is 16.7 Å². The molecule has 96 valence electrons. The largest absolute Gasteiger partial charge is 0.481 e. The van der Waals surface area contributed by atoms with E-state index in [0.717, 1.165) is 5.56 Å². The molecule has 0 spiro atoms. The zero-order chi connectivity index (χ0) is 13.5. The number of carbonyl (C=O) groups excluding carboxylic acids is 1. The highest BCUT2D eigenvalue weighted by Crippen LogP contribution is 2.10. The fraction of sp³-hybridized carbons (Fsp3) is 0.231. The van der Waals surface area contributed by atoms with Crippen molar-refractivity contribution >= 4 is 29.6 Å². The summed E-state index contributed by atoms with van der Waals surface area (Å²) in [5.74, 6) is -1.26. The average molecular weight is 268 g/mol. The van der Waals surface area contributed by atoms with E-state index in [1.54, 1.807) is 37.3 Å². The predicted molar refractivity (Wildman–Crippen MR) is 70.3 cm³/mol. The third-order valence-electron chi connectivity index (χ3n) is 2.17. The summed E-state index contributed by atoms with van der Waals surface area (Å²) in [6, 6.07) is 6.63. The summed E-state index contributed by atoms with van der Waals surface area (Å²) in [7, 11) is 0. The molecule has 0 saturated carbocycles. The van der Waals surface area contributed by atoms with Crippen molar-refractivity contribution in [1.29, 1.82) is 0 Å². The van der Waals surface area contributed by atoms with Crippen LogP contribution in [0.15, 0.2) is 30.3 Å². The molecule has 5 heteroatoms. The Bertz CT molecular complexity index is 454. The quantitative estimate of drug-likeness (QED) is 0.805. The molecule has 0 aliphatic carbocycles. The highest BCUT2D eigenvalue weighted by molar-refractivity contribution is 6.30. The molecule has 1 unspecified atom stereocenters. The summed E-state index contributed by atoms with van der Waals surface area (Å²) in [4.78, 5) is 21.9. The molecule has 1 amide bonds. The lowest BCUT2D eigenvalue weighted by Gasteiger charge is -2.08. The van der Waals surface area contributed by atoms with E-state index in [2.05, 4.69) is 5.32 Å². The number of carboxylic acids is 1. The summed E-state index contributed by atoms with van der Waals surface area (Å²) in [5.41, 5.74) is 0.848. The van der Waals surface area contributed by atoms with Crippen LogP contribution in [0.1, 0.15) is 18.9 Å².